The predicted molar refractivity (Wildman–Crippen MR) is 48.4 cm³/mol. The molecule has 1 heterocycles. The number of rotatable bonds is 4. The second-order valence-corrected chi connectivity index (χ2v) is 4.12. The van der Waals surface area contributed by atoms with E-state index in [4.69, 9.17) is 0 Å². The van der Waals surface area contributed by atoms with Crippen LogP contribution in [0.3, 0.4) is 0 Å². The zero-order valence-corrected chi connectivity index (χ0v) is 10.7. The maximum atomic E-state index is 10.7. The maximum Gasteiger partial charge on any atom is 2.00 e. The third-order valence-corrected chi connectivity index (χ3v) is 2.30. The molecule has 1 N–H and O–H groups in total. The van der Waals surface area contributed by atoms with Crippen LogP contribution in [0.1, 0.15) is 21.6 Å². The Hall–Kier alpha value is -0.751. The molecule has 0 bridgehead atoms. The van der Waals surface area contributed by atoms with Gasteiger partial charge in [-0.25, -0.2) is 0 Å². The van der Waals surface area contributed by atoms with Gasteiger partial charge in [-0.1, -0.05) is 0 Å². The third-order valence-electron chi connectivity index (χ3n) is 1.85. The van der Waals surface area contributed by atoms with Crippen molar-refractivity contribution in [3.63, 3.8) is 0 Å². The molecule has 0 spiro atoms. The van der Waals surface area contributed by atoms with Gasteiger partial charge < -0.3 is 24.0 Å². The van der Waals surface area contributed by atoms with E-state index < -0.39 is 14.4 Å². The van der Waals surface area contributed by atoms with Crippen LogP contribution in [-0.4, -0.2) is 16.4 Å². The topological polar surface area (TPSA) is 123 Å². The van der Waals surface area contributed by atoms with Crippen LogP contribution in [0.2, 0.25) is 0 Å². The number of pyridine rings is 1. The Morgan fingerprint density at radius 2 is 2.18 bits per heavy atom. The normalized spacial score (nSPS) is 10.8. The number of nitrogens with zero attached hydrogens (tertiary/aromatic N) is 1. The molecule has 0 amide bonds. The zero-order chi connectivity index (χ0) is 12.3. The molecule has 7 nitrogen and oxygen atoms in total. The Labute approximate surface area is 108 Å². The van der Waals surface area contributed by atoms with Gasteiger partial charge in [-0.15, -0.1) is 0 Å². The van der Waals surface area contributed by atoms with Gasteiger partial charge in [0.2, 0.25) is 0 Å². The average Bonchev–Trinajstić information content (AvgIpc) is 2.18. The van der Waals surface area contributed by atoms with Crippen molar-refractivity contribution in [1.29, 1.82) is 0 Å². The fourth-order valence-electron chi connectivity index (χ4n) is 1.05. The van der Waals surface area contributed by atoms with E-state index in [1.165, 1.54) is 6.92 Å². The molecule has 9 heteroatoms. The minimum atomic E-state index is -5.11. The molecule has 1 aromatic heterocycles. The van der Waals surface area contributed by atoms with Crippen LogP contribution in [-0.2, 0) is 32.8 Å². The Bertz CT molecular complexity index is 460. The van der Waals surface area contributed by atoms with Crippen molar-refractivity contribution >= 4 is 14.1 Å². The van der Waals surface area contributed by atoms with Crippen molar-refractivity contribution in [2.75, 3.05) is 0 Å². The zero-order valence-electron chi connectivity index (χ0n) is 8.62. The summed E-state index contributed by atoms with van der Waals surface area (Å²) in [5, 5.41) is 9.43. The molecule has 1 aromatic rings. The molecule has 17 heavy (non-hydrogen) atoms. The number of phosphoric ester groups is 1. The van der Waals surface area contributed by atoms with E-state index in [1.54, 1.807) is 0 Å². The molecule has 0 atom stereocenters. The van der Waals surface area contributed by atoms with Gasteiger partial charge in [-0.2, -0.15) is 0 Å². The van der Waals surface area contributed by atoms with Crippen LogP contribution in [0.25, 0.3) is 0 Å². The minimum Gasteiger partial charge on any atom is -0.790 e. The van der Waals surface area contributed by atoms with Crippen molar-refractivity contribution in [1.82, 2.24) is 4.98 Å². The van der Waals surface area contributed by atoms with Gasteiger partial charge in [0, 0.05) is 11.8 Å². The van der Waals surface area contributed by atoms with Crippen molar-refractivity contribution in [3.8, 4) is 5.75 Å². The fraction of sp³-hybridized carbons (Fsp3) is 0.250. The van der Waals surface area contributed by atoms with E-state index in [1.807, 2.05) is 0 Å². The molecule has 1 rings (SSSR count). The number of aromatic nitrogens is 1. The van der Waals surface area contributed by atoms with Gasteiger partial charge in [0.25, 0.3) is 0 Å². The molecule has 0 aromatic carbocycles. The van der Waals surface area contributed by atoms with Crippen molar-refractivity contribution in [3.05, 3.63) is 23.0 Å². The minimum absolute atomic E-state index is 0. The summed E-state index contributed by atoms with van der Waals surface area (Å²) in [6.07, 6.45) is 1.50. The van der Waals surface area contributed by atoms with Crippen LogP contribution < -0.4 is 9.79 Å². The van der Waals surface area contributed by atoms with E-state index in [9.17, 15) is 24.3 Å². The summed E-state index contributed by atoms with van der Waals surface area (Å²) in [5.74, 6) is -0.359. The number of carbonyl (C=O) groups excluding carboxylic acids is 1. The van der Waals surface area contributed by atoms with E-state index in [0.29, 0.717) is 6.29 Å². The Balaban J connectivity index is 0.00000256. The monoisotopic (exact) mass is 300 g/mol. The van der Waals surface area contributed by atoms with Gasteiger partial charge in [-0.05, 0) is 6.92 Å². The first kappa shape index (κ1) is 16.2. The molecular weight excluding hydrogens is 292 g/mol. The average molecular weight is 300 g/mol. The smallest absolute Gasteiger partial charge is 0.790 e. The van der Waals surface area contributed by atoms with Gasteiger partial charge >= 0.3 is 17.1 Å². The van der Waals surface area contributed by atoms with Crippen LogP contribution in [0.4, 0.5) is 0 Å². The van der Waals surface area contributed by atoms with Gasteiger partial charge in [0.15, 0.2) is 6.29 Å². The quantitative estimate of drug-likeness (QED) is 0.441. The molecule has 0 saturated heterocycles. The Morgan fingerprint density at radius 1 is 1.59 bits per heavy atom. The second kappa shape index (κ2) is 6.25. The van der Waals surface area contributed by atoms with Gasteiger partial charge in [0.05, 0.1) is 25.7 Å². The number of phosphoric acid groups is 1. The standard InChI is InChI=1S/C8H10NO6P.Mn/c1-5-8(11)7(3-10)6(2-9-5)4-15-16(12,13)14;/h2-3,11H,4H2,1H3,(H2,12,13,14);/q;+2/p-2. The van der Waals surface area contributed by atoms with Crippen LogP contribution in [0, 0.1) is 6.92 Å². The molecule has 93 valence electrons. The van der Waals surface area contributed by atoms with E-state index in [-0.39, 0.29) is 39.6 Å². The first-order valence-electron chi connectivity index (χ1n) is 4.14. The van der Waals surface area contributed by atoms with Crippen LogP contribution >= 0.6 is 7.82 Å². The molecule has 1 radical (unpaired) electrons. The number of aldehydes is 1. The third kappa shape index (κ3) is 4.55. The Kier molecular flexibility index (Phi) is 5.98. The number of aryl methyl sites for hydroxylation is 1. The summed E-state index contributed by atoms with van der Waals surface area (Å²) in [4.78, 5) is 34.8. The summed E-state index contributed by atoms with van der Waals surface area (Å²) >= 11 is 0. The summed E-state index contributed by atoms with van der Waals surface area (Å²) in [6, 6.07) is 0. The maximum absolute atomic E-state index is 10.7. The second-order valence-electron chi connectivity index (χ2n) is 2.97. The van der Waals surface area contributed by atoms with Gasteiger partial charge in [-0.3, -0.25) is 9.78 Å². The first-order valence-corrected chi connectivity index (χ1v) is 5.60. The fourth-order valence-corrected chi connectivity index (χ4v) is 1.34. The molecule has 0 unspecified atom stereocenters. The molecule has 0 aliphatic heterocycles. The van der Waals surface area contributed by atoms with E-state index in [2.05, 4.69) is 9.51 Å². The number of carbonyl (C=O) groups is 1. The number of aromatic hydroxyl groups is 1. The van der Waals surface area contributed by atoms with Crippen molar-refractivity contribution in [2.24, 2.45) is 0 Å². The summed E-state index contributed by atoms with van der Waals surface area (Å²) < 4.78 is 14.2. The summed E-state index contributed by atoms with van der Waals surface area (Å²) in [6.45, 7) is 0.845. The van der Waals surface area contributed by atoms with Crippen LogP contribution in [0.5, 0.6) is 5.75 Å². The SMILES string of the molecule is Cc1ncc(COP(=O)([O-])[O-])c(C=O)c1O.[Mn+2]. The van der Waals surface area contributed by atoms with Gasteiger partial charge in [0.1, 0.15) is 5.75 Å². The number of hydrogen-bond donors (Lipinski definition) is 1. The largest absolute Gasteiger partial charge is 2.00 e. The number of hydrogen-bond acceptors (Lipinski definition) is 7. The van der Waals surface area contributed by atoms with Crippen molar-refractivity contribution in [2.45, 2.75) is 13.5 Å². The predicted octanol–water partition coefficient (Wildman–Crippen LogP) is -0.749. The first-order chi connectivity index (χ1) is 7.35. The van der Waals surface area contributed by atoms with Crippen molar-refractivity contribution < 1.29 is 45.8 Å². The van der Waals surface area contributed by atoms with Crippen LogP contribution in [0.15, 0.2) is 6.20 Å². The molecule has 0 fully saturated rings. The molecule has 0 aliphatic carbocycles. The Morgan fingerprint density at radius 3 is 2.65 bits per heavy atom. The summed E-state index contributed by atoms with van der Waals surface area (Å²) in [5.41, 5.74) is 0.115. The molecule has 0 aliphatic rings. The van der Waals surface area contributed by atoms with E-state index in [0.717, 1.165) is 6.20 Å². The summed E-state index contributed by atoms with van der Waals surface area (Å²) in [7, 11) is -5.11. The van der Waals surface area contributed by atoms with E-state index >= 15 is 0 Å². The molecular formula is C8H8MnNO6P. The molecule has 0 saturated carbocycles.